The Labute approximate surface area is 123 Å². The molecule has 6 heteroatoms. The molecular weight excluding hydrogens is 336 g/mol. The van der Waals surface area contributed by atoms with Crippen LogP contribution in [0.1, 0.15) is 10.7 Å². The normalized spacial score (nSPS) is 10.4. The summed E-state index contributed by atoms with van der Waals surface area (Å²) in [5.41, 5.74) is 1.89. The third kappa shape index (κ3) is 3.16. The van der Waals surface area contributed by atoms with Crippen molar-refractivity contribution in [1.82, 2.24) is 4.98 Å². The number of benzene rings is 1. The van der Waals surface area contributed by atoms with Crippen LogP contribution in [0, 0.1) is 6.92 Å². The fourth-order valence-corrected chi connectivity index (χ4v) is 3.24. The molecule has 1 aromatic heterocycles. The van der Waals surface area contributed by atoms with Gasteiger partial charge in [-0.05, 0) is 35.0 Å². The number of aromatic nitrogens is 1. The topological polar surface area (TPSA) is 34.1 Å². The van der Waals surface area contributed by atoms with Gasteiger partial charge in [-0.3, -0.25) is 0 Å². The molecule has 2 rings (SSSR count). The number of aryl methyl sites for hydroxylation is 1. The third-order valence-corrected chi connectivity index (χ3v) is 4.08. The summed E-state index contributed by atoms with van der Waals surface area (Å²) in [6.45, 7) is 2.64. The van der Waals surface area contributed by atoms with Gasteiger partial charge in [-0.15, -0.1) is 11.3 Å². The van der Waals surface area contributed by atoms with Crippen LogP contribution in [0.5, 0.6) is 5.75 Å². The first-order chi connectivity index (χ1) is 8.60. The minimum Gasteiger partial charge on any atom is -0.493 e. The molecule has 0 bridgehead atoms. The van der Waals surface area contributed by atoms with Crippen molar-refractivity contribution in [1.29, 1.82) is 0 Å². The number of ether oxygens (including phenoxy) is 1. The van der Waals surface area contributed by atoms with Gasteiger partial charge in [0.2, 0.25) is 0 Å². The van der Waals surface area contributed by atoms with Gasteiger partial charge in [0.25, 0.3) is 0 Å². The first-order valence-corrected chi connectivity index (χ1v) is 7.33. The Hall–Kier alpha value is -0.780. The van der Waals surface area contributed by atoms with Crippen LogP contribution >= 0.6 is 38.9 Å². The SMILES string of the molecule is COc1c(Br)cc(Cl)cc1NCc1nc(C)cs1. The highest BCUT2D eigenvalue weighted by Crippen LogP contribution is 2.36. The van der Waals surface area contributed by atoms with Crippen LogP contribution in [0.4, 0.5) is 5.69 Å². The highest BCUT2D eigenvalue weighted by atomic mass is 79.9. The summed E-state index contributed by atoms with van der Waals surface area (Å²) < 4.78 is 6.17. The number of methoxy groups -OCH3 is 1. The summed E-state index contributed by atoms with van der Waals surface area (Å²) in [4.78, 5) is 4.40. The number of halogens is 2. The molecular formula is C12H12BrClN2OS. The largest absolute Gasteiger partial charge is 0.493 e. The average Bonchev–Trinajstić information content (AvgIpc) is 2.72. The Balaban J connectivity index is 2.18. The minimum absolute atomic E-state index is 0.653. The van der Waals surface area contributed by atoms with E-state index < -0.39 is 0 Å². The van der Waals surface area contributed by atoms with Crippen LogP contribution in [-0.2, 0) is 6.54 Å². The van der Waals surface area contributed by atoms with E-state index in [0.717, 1.165) is 26.6 Å². The summed E-state index contributed by atoms with van der Waals surface area (Å²) in [5.74, 6) is 0.743. The number of thiazole rings is 1. The molecule has 2 aromatic rings. The number of rotatable bonds is 4. The monoisotopic (exact) mass is 346 g/mol. The molecule has 0 spiro atoms. The first-order valence-electron chi connectivity index (χ1n) is 5.28. The predicted octanol–water partition coefficient (Wildman–Crippen LogP) is 4.49. The Morgan fingerprint density at radius 3 is 2.89 bits per heavy atom. The highest BCUT2D eigenvalue weighted by molar-refractivity contribution is 9.10. The standard InChI is InChI=1S/C12H12BrClN2OS/c1-7-6-18-11(16-7)5-15-10-4-8(14)3-9(13)12(10)17-2/h3-4,6,15H,5H2,1-2H3. The van der Waals surface area contributed by atoms with Crippen molar-refractivity contribution in [3.05, 3.63) is 37.7 Å². The van der Waals surface area contributed by atoms with Crippen molar-refractivity contribution >= 4 is 44.6 Å². The third-order valence-electron chi connectivity index (χ3n) is 2.31. The lowest BCUT2D eigenvalue weighted by Gasteiger charge is -2.12. The van der Waals surface area contributed by atoms with E-state index in [1.165, 1.54) is 0 Å². The molecule has 18 heavy (non-hydrogen) atoms. The summed E-state index contributed by atoms with van der Waals surface area (Å²) >= 11 is 11.1. The van der Waals surface area contributed by atoms with Crippen molar-refractivity contribution in [2.75, 3.05) is 12.4 Å². The van der Waals surface area contributed by atoms with Crippen molar-refractivity contribution in [3.63, 3.8) is 0 Å². The Morgan fingerprint density at radius 2 is 2.28 bits per heavy atom. The fourth-order valence-electron chi connectivity index (χ4n) is 1.55. The lowest BCUT2D eigenvalue weighted by atomic mass is 10.3. The molecule has 0 saturated heterocycles. The second kappa shape index (κ2) is 5.91. The van der Waals surface area contributed by atoms with E-state index in [-0.39, 0.29) is 0 Å². The van der Waals surface area contributed by atoms with Gasteiger partial charge in [-0.1, -0.05) is 11.6 Å². The summed E-state index contributed by atoms with van der Waals surface area (Å²) in [6.07, 6.45) is 0. The Bertz CT molecular complexity index is 559. The van der Waals surface area contributed by atoms with Crippen molar-refractivity contribution in [3.8, 4) is 5.75 Å². The van der Waals surface area contributed by atoms with E-state index in [4.69, 9.17) is 16.3 Å². The number of hydrogen-bond acceptors (Lipinski definition) is 4. The molecule has 0 aliphatic carbocycles. The quantitative estimate of drug-likeness (QED) is 0.885. The average molecular weight is 348 g/mol. The molecule has 3 nitrogen and oxygen atoms in total. The Morgan fingerprint density at radius 1 is 1.50 bits per heavy atom. The van der Waals surface area contributed by atoms with E-state index in [9.17, 15) is 0 Å². The summed E-state index contributed by atoms with van der Waals surface area (Å²) in [5, 5.41) is 7.00. The van der Waals surface area contributed by atoms with Crippen molar-refractivity contribution in [2.24, 2.45) is 0 Å². The fraction of sp³-hybridized carbons (Fsp3) is 0.250. The molecule has 1 aromatic carbocycles. The zero-order chi connectivity index (χ0) is 13.1. The van der Waals surface area contributed by atoms with E-state index in [1.54, 1.807) is 24.5 Å². The molecule has 0 unspecified atom stereocenters. The second-order valence-electron chi connectivity index (χ2n) is 3.70. The van der Waals surface area contributed by atoms with Gasteiger partial charge in [-0.2, -0.15) is 0 Å². The molecule has 1 heterocycles. The maximum Gasteiger partial charge on any atom is 0.156 e. The van der Waals surface area contributed by atoms with E-state index in [1.807, 2.05) is 18.4 Å². The van der Waals surface area contributed by atoms with Gasteiger partial charge >= 0.3 is 0 Å². The highest BCUT2D eigenvalue weighted by Gasteiger charge is 2.09. The zero-order valence-electron chi connectivity index (χ0n) is 9.96. The molecule has 0 aliphatic rings. The minimum atomic E-state index is 0.653. The van der Waals surface area contributed by atoms with Crippen LogP contribution in [-0.4, -0.2) is 12.1 Å². The maximum atomic E-state index is 6.03. The van der Waals surface area contributed by atoms with Crippen LogP contribution in [0.25, 0.3) is 0 Å². The van der Waals surface area contributed by atoms with Gasteiger partial charge in [0.1, 0.15) is 5.01 Å². The molecule has 0 aliphatic heterocycles. The molecule has 0 amide bonds. The predicted molar refractivity (Wildman–Crippen MR) is 79.9 cm³/mol. The number of nitrogens with one attached hydrogen (secondary N) is 1. The second-order valence-corrected chi connectivity index (χ2v) is 5.94. The van der Waals surface area contributed by atoms with Gasteiger partial charge in [0.05, 0.1) is 23.8 Å². The molecule has 0 saturated carbocycles. The van der Waals surface area contributed by atoms with E-state index in [0.29, 0.717) is 11.6 Å². The lowest BCUT2D eigenvalue weighted by Crippen LogP contribution is -2.01. The number of hydrogen-bond donors (Lipinski definition) is 1. The van der Waals surface area contributed by atoms with Gasteiger partial charge < -0.3 is 10.1 Å². The smallest absolute Gasteiger partial charge is 0.156 e. The molecule has 0 radical (unpaired) electrons. The zero-order valence-corrected chi connectivity index (χ0v) is 13.1. The van der Waals surface area contributed by atoms with Gasteiger partial charge in [-0.25, -0.2) is 4.98 Å². The van der Waals surface area contributed by atoms with E-state index >= 15 is 0 Å². The van der Waals surface area contributed by atoms with Crippen LogP contribution in [0.2, 0.25) is 5.02 Å². The molecule has 96 valence electrons. The summed E-state index contributed by atoms with van der Waals surface area (Å²) in [6, 6.07) is 3.64. The van der Waals surface area contributed by atoms with Crippen molar-refractivity contribution < 1.29 is 4.74 Å². The molecule has 0 atom stereocenters. The number of anilines is 1. The molecule has 1 N–H and O–H groups in total. The Kier molecular flexibility index (Phi) is 4.48. The maximum absolute atomic E-state index is 6.03. The number of nitrogens with zero attached hydrogens (tertiary/aromatic N) is 1. The molecule has 0 fully saturated rings. The van der Waals surface area contributed by atoms with E-state index in [2.05, 4.69) is 26.2 Å². The summed E-state index contributed by atoms with van der Waals surface area (Å²) in [7, 11) is 1.63. The van der Waals surface area contributed by atoms with Crippen LogP contribution < -0.4 is 10.1 Å². The van der Waals surface area contributed by atoms with Gasteiger partial charge in [0, 0.05) is 16.1 Å². The first kappa shape index (κ1) is 13.6. The van der Waals surface area contributed by atoms with Crippen LogP contribution in [0.15, 0.2) is 22.0 Å². The lowest BCUT2D eigenvalue weighted by molar-refractivity contribution is 0.414. The van der Waals surface area contributed by atoms with Crippen LogP contribution in [0.3, 0.4) is 0 Å². The van der Waals surface area contributed by atoms with Gasteiger partial charge in [0.15, 0.2) is 5.75 Å². The van der Waals surface area contributed by atoms with Crippen molar-refractivity contribution in [2.45, 2.75) is 13.5 Å².